The molecule has 2 fully saturated rings. The largest absolute Gasteiger partial charge is 0.507 e. The molecule has 2 aliphatic rings. The first-order valence-corrected chi connectivity index (χ1v) is 15.2. The van der Waals surface area contributed by atoms with Crippen LogP contribution in [0.5, 0.6) is 17.2 Å². The molecule has 4 aromatic rings. The molecule has 6 rings (SSSR count). The van der Waals surface area contributed by atoms with Crippen molar-refractivity contribution in [2.75, 3.05) is 39.4 Å². The first kappa shape index (κ1) is 30.1. The number of aryl methyl sites for hydroxylation is 1. The lowest BCUT2D eigenvalue weighted by Gasteiger charge is -2.31. The molecule has 0 aliphatic carbocycles. The zero-order valence-corrected chi connectivity index (χ0v) is 25.2. The monoisotopic (exact) mass is 604 g/mol. The summed E-state index contributed by atoms with van der Waals surface area (Å²) in [7, 11) is 0. The predicted octanol–water partition coefficient (Wildman–Crippen LogP) is 6.12. The van der Waals surface area contributed by atoms with Gasteiger partial charge in [-0.25, -0.2) is 0 Å². The number of ketones is 1. The summed E-state index contributed by atoms with van der Waals surface area (Å²) in [5, 5.41) is 11.6. The number of amides is 1. The Labute approximate surface area is 263 Å². The van der Waals surface area contributed by atoms with Crippen LogP contribution in [0.4, 0.5) is 0 Å². The number of aliphatic hydroxyl groups is 1. The average Bonchev–Trinajstić information content (AvgIpc) is 3.33. The summed E-state index contributed by atoms with van der Waals surface area (Å²) in [5.74, 6) is 0.274. The number of nitrogens with zero attached hydrogens (tertiary/aromatic N) is 2. The Morgan fingerprint density at radius 1 is 0.822 bits per heavy atom. The molecule has 0 saturated carbocycles. The van der Waals surface area contributed by atoms with E-state index >= 15 is 0 Å². The molecule has 2 heterocycles. The Balaban J connectivity index is 1.29. The maximum absolute atomic E-state index is 13.6. The van der Waals surface area contributed by atoms with Gasteiger partial charge in [-0.1, -0.05) is 60.2 Å². The van der Waals surface area contributed by atoms with Gasteiger partial charge in [-0.3, -0.25) is 14.5 Å². The number of carbonyl (C=O) groups excluding carboxylic acids is 2. The van der Waals surface area contributed by atoms with E-state index < -0.39 is 17.7 Å². The molecule has 8 nitrogen and oxygen atoms in total. The van der Waals surface area contributed by atoms with Gasteiger partial charge >= 0.3 is 0 Å². The number of aliphatic hydroxyl groups excluding tert-OH is 1. The number of Topliss-reactive ketones (excluding diaryl/α,β-unsaturated/α-hetero) is 1. The maximum atomic E-state index is 13.6. The lowest BCUT2D eigenvalue weighted by Crippen LogP contribution is -2.42. The van der Waals surface area contributed by atoms with E-state index in [2.05, 4.69) is 4.90 Å². The Bertz CT molecular complexity index is 1660. The quantitative estimate of drug-likeness (QED) is 0.133. The Hall–Kier alpha value is -4.92. The van der Waals surface area contributed by atoms with E-state index in [1.54, 1.807) is 29.2 Å². The average molecular weight is 605 g/mol. The van der Waals surface area contributed by atoms with Crippen molar-refractivity contribution in [1.29, 1.82) is 0 Å². The molecule has 0 bridgehead atoms. The van der Waals surface area contributed by atoms with Gasteiger partial charge in [0.15, 0.2) is 0 Å². The number of morpholine rings is 1. The highest BCUT2D eigenvalue weighted by atomic mass is 16.5. The molecule has 1 N–H and O–H groups in total. The summed E-state index contributed by atoms with van der Waals surface area (Å²) >= 11 is 0. The van der Waals surface area contributed by atoms with Gasteiger partial charge in [0.25, 0.3) is 11.7 Å². The van der Waals surface area contributed by atoms with Gasteiger partial charge in [0.1, 0.15) is 29.6 Å². The molecule has 8 heteroatoms. The zero-order chi connectivity index (χ0) is 31.2. The number of likely N-dealkylation sites (tertiary alicyclic amines) is 1. The molecule has 0 aromatic heterocycles. The summed E-state index contributed by atoms with van der Waals surface area (Å²) in [5.41, 5.74) is 3.37. The third kappa shape index (κ3) is 7.09. The number of para-hydroxylation sites is 1. The van der Waals surface area contributed by atoms with Crippen molar-refractivity contribution in [3.05, 3.63) is 131 Å². The zero-order valence-electron chi connectivity index (χ0n) is 25.2. The molecule has 0 radical (unpaired) electrons. The van der Waals surface area contributed by atoms with Crippen LogP contribution >= 0.6 is 0 Å². The summed E-state index contributed by atoms with van der Waals surface area (Å²) in [6.45, 7) is 6.12. The fourth-order valence-corrected chi connectivity index (χ4v) is 5.62. The van der Waals surface area contributed by atoms with E-state index in [1.807, 2.05) is 85.8 Å². The standard InChI is InChI=1S/C37H36N2O6/c1-26-10-12-27(13-11-26)25-44-30-16-14-28(15-17-30)35(40)33-34(29-6-5-9-32(24-29)45-31-7-3-2-4-8-31)39(37(42)36(33)41)19-18-38-20-22-43-23-21-38/h2-17,24,34,40H,18-23,25H2,1H3/t34-/m0/s1. The number of benzene rings is 4. The molecule has 0 unspecified atom stereocenters. The van der Waals surface area contributed by atoms with Crippen LogP contribution in [-0.2, 0) is 20.9 Å². The minimum absolute atomic E-state index is 0.0483. The first-order chi connectivity index (χ1) is 22.0. The second-order valence-corrected chi connectivity index (χ2v) is 11.2. The van der Waals surface area contributed by atoms with Crippen molar-refractivity contribution in [1.82, 2.24) is 9.80 Å². The van der Waals surface area contributed by atoms with Crippen LogP contribution < -0.4 is 9.47 Å². The van der Waals surface area contributed by atoms with Gasteiger partial charge in [-0.15, -0.1) is 0 Å². The lowest BCUT2D eigenvalue weighted by atomic mass is 9.95. The molecule has 1 amide bonds. The lowest BCUT2D eigenvalue weighted by molar-refractivity contribution is -0.140. The van der Waals surface area contributed by atoms with E-state index in [4.69, 9.17) is 14.2 Å². The predicted molar refractivity (Wildman–Crippen MR) is 171 cm³/mol. The van der Waals surface area contributed by atoms with Gasteiger partial charge < -0.3 is 24.2 Å². The molecule has 4 aromatic carbocycles. The number of hydrogen-bond acceptors (Lipinski definition) is 7. The van der Waals surface area contributed by atoms with Gasteiger partial charge in [0.05, 0.1) is 24.8 Å². The number of hydrogen-bond donors (Lipinski definition) is 1. The smallest absolute Gasteiger partial charge is 0.295 e. The Morgan fingerprint density at radius 2 is 1.53 bits per heavy atom. The molecule has 230 valence electrons. The van der Waals surface area contributed by atoms with Crippen LogP contribution in [-0.4, -0.2) is 66.0 Å². The maximum Gasteiger partial charge on any atom is 0.295 e. The van der Waals surface area contributed by atoms with Gasteiger partial charge in [0.2, 0.25) is 0 Å². The summed E-state index contributed by atoms with van der Waals surface area (Å²) < 4.78 is 17.5. The van der Waals surface area contributed by atoms with Crippen LogP contribution in [0.3, 0.4) is 0 Å². The topological polar surface area (TPSA) is 88.5 Å². The fraction of sp³-hybridized carbons (Fsp3) is 0.243. The normalized spacial score (nSPS) is 18.2. The number of ether oxygens (including phenoxy) is 3. The summed E-state index contributed by atoms with van der Waals surface area (Å²) in [6, 6.07) is 31.0. The molecule has 1 atom stereocenters. The van der Waals surface area contributed by atoms with E-state index in [1.165, 1.54) is 5.56 Å². The molecule has 2 aliphatic heterocycles. The number of rotatable bonds is 10. The van der Waals surface area contributed by atoms with Crippen molar-refractivity contribution in [3.8, 4) is 17.2 Å². The van der Waals surface area contributed by atoms with E-state index in [0.29, 0.717) is 61.3 Å². The molecular weight excluding hydrogens is 568 g/mol. The van der Waals surface area contributed by atoms with Gasteiger partial charge in [-0.2, -0.15) is 0 Å². The first-order valence-electron chi connectivity index (χ1n) is 15.2. The van der Waals surface area contributed by atoms with E-state index in [-0.39, 0.29) is 11.3 Å². The van der Waals surface area contributed by atoms with Crippen LogP contribution in [0, 0.1) is 6.92 Å². The fourth-order valence-electron chi connectivity index (χ4n) is 5.62. The number of carbonyl (C=O) groups is 2. The highest BCUT2D eigenvalue weighted by Crippen LogP contribution is 2.40. The molecule has 2 saturated heterocycles. The third-order valence-corrected chi connectivity index (χ3v) is 8.11. The highest BCUT2D eigenvalue weighted by molar-refractivity contribution is 6.46. The van der Waals surface area contributed by atoms with Crippen LogP contribution in [0.25, 0.3) is 5.76 Å². The van der Waals surface area contributed by atoms with Crippen molar-refractivity contribution >= 4 is 17.4 Å². The summed E-state index contributed by atoms with van der Waals surface area (Å²) in [6.07, 6.45) is 0. The van der Waals surface area contributed by atoms with Crippen molar-refractivity contribution in [2.24, 2.45) is 0 Å². The highest BCUT2D eigenvalue weighted by Gasteiger charge is 2.46. The molecule has 45 heavy (non-hydrogen) atoms. The molecule has 0 spiro atoms. The second-order valence-electron chi connectivity index (χ2n) is 11.2. The molecular formula is C37H36N2O6. The minimum atomic E-state index is -0.789. The van der Waals surface area contributed by atoms with E-state index in [0.717, 1.165) is 18.7 Å². The minimum Gasteiger partial charge on any atom is -0.507 e. The Morgan fingerprint density at radius 3 is 2.27 bits per heavy atom. The van der Waals surface area contributed by atoms with Crippen molar-refractivity contribution in [2.45, 2.75) is 19.6 Å². The van der Waals surface area contributed by atoms with Gasteiger partial charge in [0, 0.05) is 31.7 Å². The second kappa shape index (κ2) is 13.8. The van der Waals surface area contributed by atoms with Gasteiger partial charge in [-0.05, 0) is 66.6 Å². The van der Waals surface area contributed by atoms with E-state index in [9.17, 15) is 14.7 Å². The van der Waals surface area contributed by atoms with Crippen LogP contribution in [0.2, 0.25) is 0 Å². The van der Waals surface area contributed by atoms with Crippen molar-refractivity contribution in [3.63, 3.8) is 0 Å². The van der Waals surface area contributed by atoms with Crippen LogP contribution in [0.1, 0.15) is 28.3 Å². The summed E-state index contributed by atoms with van der Waals surface area (Å²) in [4.78, 5) is 30.9. The SMILES string of the molecule is Cc1ccc(COc2ccc(C(O)=C3C(=O)C(=O)N(CCN4CCOCC4)[C@H]3c3cccc(Oc4ccccc4)c3)cc2)cc1. The third-order valence-electron chi connectivity index (χ3n) is 8.11. The van der Waals surface area contributed by atoms with Crippen molar-refractivity contribution < 1.29 is 28.9 Å². The Kier molecular flexibility index (Phi) is 9.24. The van der Waals surface area contributed by atoms with Crippen LogP contribution in [0.15, 0.2) is 109 Å².